The fourth-order valence-corrected chi connectivity index (χ4v) is 2.86. The quantitative estimate of drug-likeness (QED) is 0.514. The van der Waals surface area contributed by atoms with Crippen LogP contribution in [0.15, 0.2) is 29.5 Å². The van der Waals surface area contributed by atoms with Crippen LogP contribution in [0.5, 0.6) is 0 Å². The minimum Gasteiger partial charge on any atom is -0.466 e. The van der Waals surface area contributed by atoms with Crippen LogP contribution in [0.2, 0.25) is 0 Å². The summed E-state index contributed by atoms with van der Waals surface area (Å²) in [4.78, 5) is 25.4. The highest BCUT2D eigenvalue weighted by Gasteiger charge is 2.38. The van der Waals surface area contributed by atoms with Gasteiger partial charge < -0.3 is 28.6 Å². The molecule has 1 aliphatic heterocycles. The highest BCUT2D eigenvalue weighted by molar-refractivity contribution is 6.03. The lowest BCUT2D eigenvalue weighted by Crippen LogP contribution is -2.39. The molecule has 2 rings (SSSR count). The third-order valence-electron chi connectivity index (χ3n) is 4.17. The first-order valence-electron chi connectivity index (χ1n) is 8.21. The first-order chi connectivity index (χ1) is 13.7. The van der Waals surface area contributed by atoms with Crippen molar-refractivity contribution in [1.82, 2.24) is 0 Å². The molecular formula is C18H20F3NO7. The Balaban J connectivity index is 2.65. The van der Waals surface area contributed by atoms with Gasteiger partial charge in [0.05, 0.1) is 32.0 Å². The summed E-state index contributed by atoms with van der Waals surface area (Å²) in [5.74, 6) is -1.78. The van der Waals surface area contributed by atoms with Crippen molar-refractivity contribution in [2.24, 2.45) is 0 Å². The van der Waals surface area contributed by atoms with Crippen molar-refractivity contribution in [2.75, 3.05) is 46.7 Å². The summed E-state index contributed by atoms with van der Waals surface area (Å²) in [7, 11) is 4.61. The van der Waals surface area contributed by atoms with Gasteiger partial charge in [-0.3, -0.25) is 0 Å². The van der Waals surface area contributed by atoms with Crippen LogP contribution < -0.4 is 4.90 Å². The van der Waals surface area contributed by atoms with Crippen LogP contribution in [0.4, 0.5) is 18.9 Å². The van der Waals surface area contributed by atoms with Crippen LogP contribution in [-0.2, 0) is 39.4 Å². The third kappa shape index (κ3) is 4.69. The molecule has 0 saturated carbocycles. The zero-order valence-electron chi connectivity index (χ0n) is 16.2. The predicted octanol–water partition coefficient (Wildman–Crippen LogP) is 2.39. The van der Waals surface area contributed by atoms with Gasteiger partial charge >= 0.3 is 18.1 Å². The van der Waals surface area contributed by atoms with E-state index >= 15 is 0 Å². The molecule has 1 aromatic rings. The zero-order valence-corrected chi connectivity index (χ0v) is 16.2. The maximum atomic E-state index is 13.7. The van der Waals surface area contributed by atoms with Crippen molar-refractivity contribution in [2.45, 2.75) is 12.5 Å². The van der Waals surface area contributed by atoms with Gasteiger partial charge in [-0.25, -0.2) is 9.59 Å². The molecule has 29 heavy (non-hydrogen) atoms. The number of methoxy groups -OCH3 is 4. The molecule has 0 aliphatic carbocycles. The summed E-state index contributed by atoms with van der Waals surface area (Å²) in [6, 6.07) is 3.30. The Bertz CT molecular complexity index is 803. The number of anilines is 1. The van der Waals surface area contributed by atoms with Gasteiger partial charge in [0, 0.05) is 25.5 Å². The number of hydrogen-bond donors (Lipinski definition) is 0. The van der Waals surface area contributed by atoms with Crippen LogP contribution in [0, 0.1) is 0 Å². The summed E-state index contributed by atoms with van der Waals surface area (Å²) >= 11 is 0. The number of esters is 2. The Hall–Kier alpha value is -2.63. The first kappa shape index (κ1) is 22.7. The lowest BCUT2D eigenvalue weighted by Gasteiger charge is -2.32. The van der Waals surface area contributed by atoms with Crippen molar-refractivity contribution in [3.05, 3.63) is 40.6 Å². The molecule has 0 N–H and O–H groups in total. The van der Waals surface area contributed by atoms with E-state index in [9.17, 15) is 22.8 Å². The molecule has 1 aromatic carbocycles. The topological polar surface area (TPSA) is 83.5 Å². The average Bonchev–Trinajstić information content (AvgIpc) is 2.72. The van der Waals surface area contributed by atoms with Crippen LogP contribution >= 0.6 is 0 Å². The maximum absolute atomic E-state index is 13.7. The normalized spacial score (nSPS) is 15.0. The van der Waals surface area contributed by atoms with Crippen LogP contribution in [0.3, 0.4) is 0 Å². The number of ether oxygens (including phenoxy) is 5. The Morgan fingerprint density at radius 1 is 1.07 bits per heavy atom. The summed E-state index contributed by atoms with van der Waals surface area (Å²) in [5, 5.41) is 0. The Labute approximate surface area is 164 Å². The fourth-order valence-electron chi connectivity index (χ4n) is 2.86. The number of carbonyl (C=O) groups is 2. The molecule has 0 bridgehead atoms. The summed E-state index contributed by atoms with van der Waals surface area (Å²) in [6.45, 7) is -0.535. The molecule has 0 amide bonds. The second-order valence-electron chi connectivity index (χ2n) is 5.79. The van der Waals surface area contributed by atoms with Crippen molar-refractivity contribution < 1.29 is 46.4 Å². The van der Waals surface area contributed by atoms with Crippen molar-refractivity contribution in [3.63, 3.8) is 0 Å². The molecule has 0 spiro atoms. The molecular weight excluding hydrogens is 399 g/mol. The number of halogens is 3. The van der Waals surface area contributed by atoms with Gasteiger partial charge in [0.1, 0.15) is 12.4 Å². The molecule has 0 atom stereocenters. The lowest BCUT2D eigenvalue weighted by atomic mass is 10.0. The van der Waals surface area contributed by atoms with Crippen LogP contribution in [0.1, 0.15) is 17.4 Å². The van der Waals surface area contributed by atoms with Crippen molar-refractivity contribution in [1.29, 1.82) is 0 Å². The number of hydrogen-bond acceptors (Lipinski definition) is 8. The second kappa shape index (κ2) is 9.25. The number of nitrogens with zero attached hydrogens (tertiary/aromatic N) is 1. The fraction of sp³-hybridized carbons (Fsp3) is 0.444. The highest BCUT2D eigenvalue weighted by atomic mass is 19.4. The van der Waals surface area contributed by atoms with Gasteiger partial charge in [0.2, 0.25) is 0 Å². The largest absolute Gasteiger partial charge is 0.466 e. The summed E-state index contributed by atoms with van der Waals surface area (Å²) in [5.41, 5.74) is -1.76. The van der Waals surface area contributed by atoms with E-state index in [-0.39, 0.29) is 35.9 Å². The van der Waals surface area contributed by atoms with E-state index in [1.165, 1.54) is 20.3 Å². The lowest BCUT2D eigenvalue weighted by molar-refractivity contribution is -0.147. The SMILES string of the molecule is COC(=O)C1=C(C(=O)OC)N(c2ccc(C(OC)OC)c(C(F)(F)F)c2)COC1. The molecule has 0 aromatic heterocycles. The van der Waals surface area contributed by atoms with Gasteiger partial charge in [-0.1, -0.05) is 6.07 Å². The summed E-state index contributed by atoms with van der Waals surface area (Å²) in [6.07, 6.45) is -5.99. The molecule has 0 saturated heterocycles. The molecule has 11 heteroatoms. The zero-order chi connectivity index (χ0) is 21.8. The second-order valence-corrected chi connectivity index (χ2v) is 5.79. The highest BCUT2D eigenvalue weighted by Crippen LogP contribution is 2.39. The number of carbonyl (C=O) groups excluding carboxylic acids is 2. The smallest absolute Gasteiger partial charge is 0.416 e. The Kier molecular flexibility index (Phi) is 7.22. The van der Waals surface area contributed by atoms with E-state index in [0.717, 1.165) is 31.3 Å². The van der Waals surface area contributed by atoms with E-state index < -0.39 is 30.0 Å². The average molecular weight is 419 g/mol. The minimum absolute atomic E-state index is 0.0477. The maximum Gasteiger partial charge on any atom is 0.416 e. The van der Waals surface area contributed by atoms with Gasteiger partial charge in [-0.2, -0.15) is 13.2 Å². The van der Waals surface area contributed by atoms with Gasteiger partial charge in [-0.05, 0) is 12.1 Å². The molecule has 0 fully saturated rings. The van der Waals surface area contributed by atoms with Gasteiger partial charge in [0.15, 0.2) is 6.29 Å². The molecule has 1 heterocycles. The molecule has 0 unspecified atom stereocenters. The van der Waals surface area contributed by atoms with Gasteiger partial charge in [0.25, 0.3) is 0 Å². The predicted molar refractivity (Wildman–Crippen MR) is 92.6 cm³/mol. The van der Waals surface area contributed by atoms with E-state index in [1.807, 2.05) is 0 Å². The van der Waals surface area contributed by atoms with Crippen LogP contribution in [0.25, 0.3) is 0 Å². The van der Waals surface area contributed by atoms with Gasteiger partial charge in [-0.15, -0.1) is 0 Å². The van der Waals surface area contributed by atoms with Crippen molar-refractivity contribution >= 4 is 17.6 Å². The van der Waals surface area contributed by atoms with E-state index in [4.69, 9.17) is 18.9 Å². The molecule has 8 nitrogen and oxygen atoms in total. The number of benzene rings is 1. The van der Waals surface area contributed by atoms with E-state index in [0.29, 0.717) is 0 Å². The minimum atomic E-state index is -4.74. The Morgan fingerprint density at radius 3 is 2.21 bits per heavy atom. The standard InChI is InChI=1S/C18H20F3NO7/c1-25-15(23)12-8-29-9-22(14(12)16(24)26-2)10-5-6-11(17(27-3)28-4)13(7-10)18(19,20)21/h5-7,17H,8-9H2,1-4H3. The van der Waals surface area contributed by atoms with E-state index in [2.05, 4.69) is 4.74 Å². The first-order valence-corrected chi connectivity index (χ1v) is 8.21. The molecule has 1 aliphatic rings. The van der Waals surface area contributed by atoms with Crippen molar-refractivity contribution in [3.8, 4) is 0 Å². The number of alkyl halides is 3. The van der Waals surface area contributed by atoms with E-state index in [1.54, 1.807) is 0 Å². The summed E-state index contributed by atoms with van der Waals surface area (Å²) < 4.78 is 65.5. The van der Waals surface area contributed by atoms with Crippen LogP contribution in [-0.4, -0.2) is 53.7 Å². The Morgan fingerprint density at radius 2 is 1.69 bits per heavy atom. The number of rotatable bonds is 6. The molecule has 0 radical (unpaired) electrons. The molecule has 160 valence electrons. The monoisotopic (exact) mass is 419 g/mol. The third-order valence-corrected chi connectivity index (χ3v) is 4.17.